The highest BCUT2D eigenvalue weighted by atomic mass is 16.5. The van der Waals surface area contributed by atoms with Crippen LogP contribution in [0.1, 0.15) is 15.9 Å². The van der Waals surface area contributed by atoms with Gasteiger partial charge < -0.3 is 19.5 Å². The molecule has 1 N–H and O–H groups in total. The first kappa shape index (κ1) is 15.7. The number of carbonyl (C=O) groups is 1. The fourth-order valence-corrected chi connectivity index (χ4v) is 2.10. The second-order valence-corrected chi connectivity index (χ2v) is 4.70. The summed E-state index contributed by atoms with van der Waals surface area (Å²) in [7, 11) is 4.70. The third-order valence-electron chi connectivity index (χ3n) is 3.31. The van der Waals surface area contributed by atoms with Crippen LogP contribution in [-0.2, 0) is 0 Å². The van der Waals surface area contributed by atoms with Gasteiger partial charge in [-0.25, -0.2) is 0 Å². The van der Waals surface area contributed by atoms with Crippen molar-refractivity contribution < 1.29 is 19.0 Å². The number of hydrogen-bond acceptors (Lipinski definition) is 4. The lowest BCUT2D eigenvalue weighted by molar-refractivity contribution is 0.102. The van der Waals surface area contributed by atoms with E-state index in [0.717, 1.165) is 11.3 Å². The predicted octanol–water partition coefficient (Wildman–Crippen LogP) is 3.27. The van der Waals surface area contributed by atoms with Gasteiger partial charge in [0.2, 0.25) is 0 Å². The number of nitrogens with one attached hydrogen (secondary N) is 1. The van der Waals surface area contributed by atoms with Gasteiger partial charge in [-0.1, -0.05) is 0 Å². The molecule has 5 nitrogen and oxygen atoms in total. The molecule has 0 heterocycles. The van der Waals surface area contributed by atoms with Crippen LogP contribution < -0.4 is 19.5 Å². The molecule has 0 unspecified atom stereocenters. The maximum absolute atomic E-state index is 12.4. The zero-order valence-electron chi connectivity index (χ0n) is 13.1. The fraction of sp³-hybridized carbons (Fsp3) is 0.235. The molecule has 0 bridgehead atoms. The average molecular weight is 301 g/mol. The molecule has 0 atom stereocenters. The Labute approximate surface area is 129 Å². The molecule has 0 saturated carbocycles. The Morgan fingerprint density at radius 3 is 2.09 bits per heavy atom. The minimum atomic E-state index is -0.264. The van der Waals surface area contributed by atoms with Crippen LogP contribution in [0.3, 0.4) is 0 Å². The number of amides is 1. The molecule has 0 aliphatic carbocycles. The Kier molecular flexibility index (Phi) is 4.88. The topological polar surface area (TPSA) is 56.8 Å². The molecule has 0 aromatic heterocycles. The van der Waals surface area contributed by atoms with Gasteiger partial charge in [0.25, 0.3) is 5.91 Å². The minimum absolute atomic E-state index is 0.264. The summed E-state index contributed by atoms with van der Waals surface area (Å²) in [5.74, 6) is 1.61. The third kappa shape index (κ3) is 3.31. The number of anilines is 1. The lowest BCUT2D eigenvalue weighted by atomic mass is 10.1. The van der Waals surface area contributed by atoms with Crippen LogP contribution in [0.4, 0.5) is 5.69 Å². The summed E-state index contributed by atoms with van der Waals surface area (Å²) in [5.41, 5.74) is 1.99. The number of carbonyl (C=O) groups excluding carboxylic acids is 1. The van der Waals surface area contributed by atoms with E-state index >= 15 is 0 Å². The summed E-state index contributed by atoms with van der Waals surface area (Å²) in [6.07, 6.45) is 0. The summed E-state index contributed by atoms with van der Waals surface area (Å²) in [6, 6.07) is 10.6. The molecule has 1 amide bonds. The van der Waals surface area contributed by atoms with Crippen molar-refractivity contribution in [1.82, 2.24) is 0 Å². The molecule has 0 saturated heterocycles. The van der Waals surface area contributed by atoms with Crippen molar-refractivity contribution in [3.63, 3.8) is 0 Å². The van der Waals surface area contributed by atoms with Gasteiger partial charge in [-0.05, 0) is 48.9 Å². The number of benzene rings is 2. The monoisotopic (exact) mass is 301 g/mol. The van der Waals surface area contributed by atoms with Crippen molar-refractivity contribution >= 4 is 11.6 Å². The summed E-state index contributed by atoms with van der Waals surface area (Å²) < 4.78 is 15.6. The molecule has 0 aliphatic heterocycles. The van der Waals surface area contributed by atoms with Crippen molar-refractivity contribution in [3.8, 4) is 17.2 Å². The summed E-state index contributed by atoms with van der Waals surface area (Å²) in [5, 5.41) is 2.82. The highest BCUT2D eigenvalue weighted by Crippen LogP contribution is 2.29. The van der Waals surface area contributed by atoms with Gasteiger partial charge in [0.05, 0.1) is 26.9 Å². The fourth-order valence-electron chi connectivity index (χ4n) is 2.10. The predicted molar refractivity (Wildman–Crippen MR) is 85.2 cm³/mol. The van der Waals surface area contributed by atoms with Crippen LogP contribution in [0.25, 0.3) is 0 Å². The van der Waals surface area contributed by atoms with Crippen molar-refractivity contribution in [2.24, 2.45) is 0 Å². The number of rotatable bonds is 5. The lowest BCUT2D eigenvalue weighted by Crippen LogP contribution is -2.13. The second-order valence-electron chi connectivity index (χ2n) is 4.70. The van der Waals surface area contributed by atoms with E-state index in [0.29, 0.717) is 22.7 Å². The van der Waals surface area contributed by atoms with Crippen LogP contribution in [0.5, 0.6) is 17.2 Å². The van der Waals surface area contributed by atoms with Gasteiger partial charge in [-0.3, -0.25) is 4.79 Å². The van der Waals surface area contributed by atoms with Crippen LogP contribution in [-0.4, -0.2) is 27.2 Å². The Hall–Kier alpha value is -2.69. The summed E-state index contributed by atoms with van der Waals surface area (Å²) >= 11 is 0. The van der Waals surface area contributed by atoms with Crippen LogP contribution >= 0.6 is 0 Å². The molecule has 0 aliphatic rings. The molecule has 116 valence electrons. The molecule has 0 spiro atoms. The first-order valence-electron chi connectivity index (χ1n) is 6.77. The summed E-state index contributed by atoms with van der Waals surface area (Å²) in [6.45, 7) is 1.90. The largest absolute Gasteiger partial charge is 0.497 e. The zero-order chi connectivity index (χ0) is 16.1. The maximum atomic E-state index is 12.4. The van der Waals surface area contributed by atoms with Crippen LogP contribution in [0.15, 0.2) is 36.4 Å². The van der Waals surface area contributed by atoms with Crippen molar-refractivity contribution in [3.05, 3.63) is 47.5 Å². The van der Waals surface area contributed by atoms with E-state index in [-0.39, 0.29) is 5.91 Å². The SMILES string of the molecule is COc1ccc(NC(=O)c2cc(OC)c(C)cc2OC)cc1. The molecular formula is C17H19NO4. The number of methoxy groups -OCH3 is 3. The minimum Gasteiger partial charge on any atom is -0.497 e. The van der Waals surface area contributed by atoms with E-state index in [1.165, 1.54) is 7.11 Å². The van der Waals surface area contributed by atoms with Crippen LogP contribution in [0.2, 0.25) is 0 Å². The lowest BCUT2D eigenvalue weighted by Gasteiger charge is -2.13. The molecule has 2 aromatic rings. The number of hydrogen-bond donors (Lipinski definition) is 1. The number of aryl methyl sites for hydroxylation is 1. The zero-order valence-corrected chi connectivity index (χ0v) is 13.1. The van der Waals surface area contributed by atoms with Crippen LogP contribution in [0, 0.1) is 6.92 Å². The molecule has 0 radical (unpaired) electrons. The Balaban J connectivity index is 2.27. The summed E-state index contributed by atoms with van der Waals surface area (Å²) in [4.78, 5) is 12.4. The van der Waals surface area contributed by atoms with Crippen molar-refractivity contribution in [1.29, 1.82) is 0 Å². The second kappa shape index (κ2) is 6.85. The van der Waals surface area contributed by atoms with E-state index in [4.69, 9.17) is 14.2 Å². The smallest absolute Gasteiger partial charge is 0.259 e. The van der Waals surface area contributed by atoms with Gasteiger partial charge >= 0.3 is 0 Å². The van der Waals surface area contributed by atoms with Gasteiger partial charge in [-0.2, -0.15) is 0 Å². The highest BCUT2D eigenvalue weighted by molar-refractivity contribution is 6.06. The molecule has 2 aromatic carbocycles. The van der Waals surface area contributed by atoms with Gasteiger partial charge in [-0.15, -0.1) is 0 Å². The normalized spacial score (nSPS) is 10.0. The molecule has 5 heteroatoms. The maximum Gasteiger partial charge on any atom is 0.259 e. The first-order chi connectivity index (χ1) is 10.6. The van der Waals surface area contributed by atoms with E-state index in [9.17, 15) is 4.79 Å². The van der Waals surface area contributed by atoms with E-state index in [2.05, 4.69) is 5.32 Å². The van der Waals surface area contributed by atoms with E-state index in [1.807, 2.05) is 6.92 Å². The first-order valence-corrected chi connectivity index (χ1v) is 6.77. The Morgan fingerprint density at radius 2 is 1.55 bits per heavy atom. The van der Waals surface area contributed by atoms with E-state index in [1.54, 1.807) is 50.6 Å². The molecule has 2 rings (SSSR count). The molecular weight excluding hydrogens is 282 g/mol. The third-order valence-corrected chi connectivity index (χ3v) is 3.31. The van der Waals surface area contributed by atoms with Gasteiger partial charge in [0.1, 0.15) is 17.2 Å². The van der Waals surface area contributed by atoms with Gasteiger partial charge in [0, 0.05) is 5.69 Å². The quantitative estimate of drug-likeness (QED) is 0.921. The Bertz CT molecular complexity index is 665. The highest BCUT2D eigenvalue weighted by Gasteiger charge is 2.16. The standard InChI is InChI=1S/C17H19NO4/c1-11-9-16(22-4)14(10-15(11)21-3)17(19)18-12-5-7-13(20-2)8-6-12/h5-10H,1-4H3,(H,18,19). The average Bonchev–Trinajstić information content (AvgIpc) is 2.55. The molecule has 22 heavy (non-hydrogen) atoms. The Morgan fingerprint density at radius 1 is 0.909 bits per heavy atom. The molecule has 0 fully saturated rings. The number of ether oxygens (including phenoxy) is 3. The van der Waals surface area contributed by atoms with Gasteiger partial charge in [0.15, 0.2) is 0 Å². The van der Waals surface area contributed by atoms with Crippen molar-refractivity contribution in [2.45, 2.75) is 6.92 Å². The van der Waals surface area contributed by atoms with E-state index < -0.39 is 0 Å². The van der Waals surface area contributed by atoms with Crippen molar-refractivity contribution in [2.75, 3.05) is 26.6 Å².